The molecular weight excluding hydrogens is 96.1 g/mol. The van der Waals surface area contributed by atoms with Crippen molar-refractivity contribution in [1.82, 2.24) is 0 Å². The summed E-state index contributed by atoms with van der Waals surface area (Å²) in [6.45, 7) is 0. The fraction of sp³-hybridized carbons (Fsp3) is 0.750. The lowest BCUT2D eigenvalue weighted by Crippen LogP contribution is -2.46. The summed E-state index contributed by atoms with van der Waals surface area (Å²) in [6, 6.07) is 0. The van der Waals surface area contributed by atoms with Crippen LogP contribution < -0.4 is 0 Å². The fourth-order valence-electron chi connectivity index (χ4n) is 2.75. The Bertz CT molecular complexity index is 141. The molecule has 0 spiro atoms. The average molecular weight is 106 g/mol. The Morgan fingerprint density at radius 1 is 1.00 bits per heavy atom. The van der Waals surface area contributed by atoms with Gasteiger partial charge in [-0.3, -0.25) is 0 Å². The average Bonchev–Trinajstić information content (AvgIpc) is 2.02. The molecule has 0 heteroatoms. The van der Waals surface area contributed by atoms with Gasteiger partial charge in [0.05, 0.1) is 0 Å². The van der Waals surface area contributed by atoms with E-state index in [0.29, 0.717) is 0 Å². The summed E-state index contributed by atoms with van der Waals surface area (Å²) in [5.74, 6) is 4.40. The summed E-state index contributed by atoms with van der Waals surface area (Å²) < 4.78 is 0. The highest BCUT2D eigenvalue weighted by molar-refractivity contribution is 5.20. The zero-order chi connectivity index (χ0) is 5.14. The molecule has 0 N–H and O–H groups in total. The van der Waals surface area contributed by atoms with Crippen molar-refractivity contribution in [2.24, 2.45) is 23.7 Å². The van der Waals surface area contributed by atoms with Crippen molar-refractivity contribution in [2.45, 2.75) is 12.8 Å². The van der Waals surface area contributed by atoms with Gasteiger partial charge in [0, 0.05) is 0 Å². The van der Waals surface area contributed by atoms with Gasteiger partial charge >= 0.3 is 0 Å². The highest BCUT2D eigenvalue weighted by atomic mass is 14.6. The molecule has 0 nitrogen and oxygen atoms in total. The van der Waals surface area contributed by atoms with E-state index in [9.17, 15) is 0 Å². The molecule has 0 radical (unpaired) electrons. The van der Waals surface area contributed by atoms with E-state index in [1.165, 1.54) is 18.8 Å². The zero-order valence-electron chi connectivity index (χ0n) is 4.88. The molecule has 42 valence electrons. The molecule has 0 heterocycles. The third-order valence-electron chi connectivity index (χ3n) is 3.29. The van der Waals surface area contributed by atoms with Gasteiger partial charge in [-0.05, 0) is 36.5 Å². The van der Waals surface area contributed by atoms with E-state index in [2.05, 4.69) is 12.2 Å². The predicted molar refractivity (Wildman–Crippen MR) is 32.3 cm³/mol. The standard InChI is InChI=1S/C8H10/c1-2-6-4-7-3-5(1)8(6)7/h1-2,5-8H,3-4H2. The molecule has 2 saturated carbocycles. The maximum Gasteiger partial charge on any atom is -0.0194 e. The van der Waals surface area contributed by atoms with E-state index < -0.39 is 0 Å². The second-order valence-corrected chi connectivity index (χ2v) is 3.52. The summed E-state index contributed by atoms with van der Waals surface area (Å²) in [5.41, 5.74) is 0. The van der Waals surface area contributed by atoms with Crippen molar-refractivity contribution in [3.63, 3.8) is 0 Å². The van der Waals surface area contributed by atoms with Gasteiger partial charge in [0.2, 0.25) is 0 Å². The summed E-state index contributed by atoms with van der Waals surface area (Å²) in [6.07, 6.45) is 7.94. The molecule has 2 unspecified atom stereocenters. The number of allylic oxidation sites excluding steroid dienone is 2. The quantitative estimate of drug-likeness (QED) is 0.413. The summed E-state index contributed by atoms with van der Waals surface area (Å²) in [5, 5.41) is 0. The first-order chi connectivity index (χ1) is 3.95. The lowest BCUT2D eigenvalue weighted by atomic mass is 9.51. The van der Waals surface area contributed by atoms with Crippen LogP contribution in [0.25, 0.3) is 0 Å². The molecule has 0 amide bonds. The zero-order valence-corrected chi connectivity index (χ0v) is 4.88. The van der Waals surface area contributed by atoms with Crippen molar-refractivity contribution in [3.05, 3.63) is 12.2 Å². The summed E-state index contributed by atoms with van der Waals surface area (Å²) >= 11 is 0. The Hall–Kier alpha value is -0.260. The monoisotopic (exact) mass is 106 g/mol. The SMILES string of the molecule is C1=CC2CC3CC1C23. The topological polar surface area (TPSA) is 0 Å². The van der Waals surface area contributed by atoms with Gasteiger partial charge in [0.15, 0.2) is 0 Å². The maximum atomic E-state index is 2.44. The lowest BCUT2D eigenvalue weighted by Gasteiger charge is -2.53. The Morgan fingerprint density at radius 2 is 1.62 bits per heavy atom. The van der Waals surface area contributed by atoms with Gasteiger partial charge < -0.3 is 0 Å². The molecule has 3 aliphatic rings. The minimum atomic E-state index is 1.04. The molecule has 0 aromatic heterocycles. The first-order valence-electron chi connectivity index (χ1n) is 3.63. The molecular formula is C8H10. The van der Waals surface area contributed by atoms with Crippen LogP contribution in [-0.2, 0) is 0 Å². The highest BCUT2D eigenvalue weighted by Gasteiger charge is 2.54. The minimum Gasteiger partial charge on any atom is -0.0848 e. The summed E-state index contributed by atoms with van der Waals surface area (Å²) in [4.78, 5) is 0. The van der Waals surface area contributed by atoms with E-state index in [4.69, 9.17) is 0 Å². The van der Waals surface area contributed by atoms with Crippen molar-refractivity contribution in [2.75, 3.05) is 0 Å². The van der Waals surface area contributed by atoms with Crippen LogP contribution >= 0.6 is 0 Å². The highest BCUT2D eigenvalue weighted by Crippen LogP contribution is 2.62. The van der Waals surface area contributed by atoms with Crippen LogP contribution in [0.5, 0.6) is 0 Å². The first kappa shape index (κ1) is 3.71. The van der Waals surface area contributed by atoms with Gasteiger partial charge in [-0.1, -0.05) is 12.2 Å². The van der Waals surface area contributed by atoms with Crippen LogP contribution in [-0.4, -0.2) is 0 Å². The van der Waals surface area contributed by atoms with E-state index >= 15 is 0 Å². The van der Waals surface area contributed by atoms with Crippen LogP contribution in [0, 0.1) is 23.7 Å². The van der Waals surface area contributed by atoms with Gasteiger partial charge in [-0.2, -0.15) is 0 Å². The Balaban J connectivity index is 2.05. The minimum absolute atomic E-state index is 1.04. The van der Waals surface area contributed by atoms with Crippen LogP contribution in [0.1, 0.15) is 12.8 Å². The smallest absolute Gasteiger partial charge is 0.0194 e. The third-order valence-corrected chi connectivity index (χ3v) is 3.29. The molecule has 0 bridgehead atoms. The van der Waals surface area contributed by atoms with Gasteiger partial charge in [-0.25, -0.2) is 0 Å². The predicted octanol–water partition coefficient (Wildman–Crippen LogP) is 1.83. The van der Waals surface area contributed by atoms with Crippen molar-refractivity contribution < 1.29 is 0 Å². The Kier molecular flexibility index (Phi) is 0.415. The fourth-order valence-corrected chi connectivity index (χ4v) is 2.75. The van der Waals surface area contributed by atoms with Crippen LogP contribution in [0.3, 0.4) is 0 Å². The first-order valence-corrected chi connectivity index (χ1v) is 3.63. The molecule has 8 heavy (non-hydrogen) atoms. The normalized spacial score (nSPS) is 64.0. The van der Waals surface area contributed by atoms with E-state index in [1.807, 2.05) is 0 Å². The lowest BCUT2D eigenvalue weighted by molar-refractivity contribution is -0.0260. The van der Waals surface area contributed by atoms with E-state index in [1.54, 1.807) is 0 Å². The third kappa shape index (κ3) is 0.211. The van der Waals surface area contributed by atoms with Gasteiger partial charge in [0.1, 0.15) is 0 Å². The second-order valence-electron chi connectivity index (χ2n) is 3.52. The number of rotatable bonds is 0. The largest absolute Gasteiger partial charge is 0.0848 e. The molecule has 2 fully saturated rings. The van der Waals surface area contributed by atoms with E-state index in [0.717, 1.165) is 17.8 Å². The molecule has 0 aromatic rings. The molecule has 3 rings (SSSR count). The Labute approximate surface area is 49.6 Å². The Morgan fingerprint density at radius 3 is 2.00 bits per heavy atom. The molecule has 0 saturated heterocycles. The van der Waals surface area contributed by atoms with Gasteiger partial charge in [-0.15, -0.1) is 0 Å². The molecule has 0 aromatic carbocycles. The molecule has 2 atom stereocenters. The van der Waals surface area contributed by atoms with Crippen LogP contribution in [0.2, 0.25) is 0 Å². The van der Waals surface area contributed by atoms with Gasteiger partial charge in [0.25, 0.3) is 0 Å². The van der Waals surface area contributed by atoms with Crippen molar-refractivity contribution in [1.29, 1.82) is 0 Å². The number of hydrogen-bond acceptors (Lipinski definition) is 0. The van der Waals surface area contributed by atoms with Crippen LogP contribution in [0.4, 0.5) is 0 Å². The van der Waals surface area contributed by atoms with E-state index in [-0.39, 0.29) is 0 Å². The number of hydrogen-bond donors (Lipinski definition) is 0. The summed E-state index contributed by atoms with van der Waals surface area (Å²) in [7, 11) is 0. The second kappa shape index (κ2) is 0.896. The van der Waals surface area contributed by atoms with Crippen molar-refractivity contribution in [3.8, 4) is 0 Å². The van der Waals surface area contributed by atoms with Crippen molar-refractivity contribution >= 4 is 0 Å². The molecule has 3 aliphatic carbocycles. The maximum absolute atomic E-state index is 2.44. The van der Waals surface area contributed by atoms with Crippen LogP contribution in [0.15, 0.2) is 12.2 Å². The molecule has 0 aliphatic heterocycles.